The Bertz CT molecular complexity index is 448. The van der Waals surface area contributed by atoms with E-state index in [0.29, 0.717) is 0 Å². The van der Waals surface area contributed by atoms with Gasteiger partial charge in [0.2, 0.25) is 0 Å². The maximum atomic E-state index is 13.0. The van der Waals surface area contributed by atoms with Crippen LogP contribution in [-0.2, 0) is 16.0 Å². The summed E-state index contributed by atoms with van der Waals surface area (Å²) < 4.78 is 30.5. The van der Waals surface area contributed by atoms with Gasteiger partial charge in [-0.15, -0.1) is 0 Å². The van der Waals surface area contributed by atoms with Crippen LogP contribution in [0.4, 0.5) is 14.5 Å². The number of ether oxygens (including phenoxy) is 1. The van der Waals surface area contributed by atoms with Gasteiger partial charge in [-0.1, -0.05) is 25.1 Å². The molecule has 0 bridgehead atoms. The molecule has 1 N–H and O–H groups in total. The summed E-state index contributed by atoms with van der Waals surface area (Å²) in [6.07, 6.45) is -0.464. The molecule has 3 nitrogen and oxygen atoms in total. The van der Waals surface area contributed by atoms with E-state index in [4.69, 9.17) is 0 Å². The molecule has 1 aromatic carbocycles. The molecule has 0 radical (unpaired) electrons. The smallest absolute Gasteiger partial charge is 0.377 e. The number of rotatable bonds is 4. The largest absolute Gasteiger partial charge is 0.456 e. The van der Waals surface area contributed by atoms with Crippen molar-refractivity contribution in [2.45, 2.75) is 31.8 Å². The predicted molar refractivity (Wildman–Crippen MR) is 63.8 cm³/mol. The van der Waals surface area contributed by atoms with E-state index in [1.165, 1.54) is 0 Å². The molecule has 1 saturated heterocycles. The third-order valence-electron chi connectivity index (χ3n) is 2.97. The van der Waals surface area contributed by atoms with Crippen LogP contribution in [0.2, 0.25) is 0 Å². The molecule has 0 aliphatic carbocycles. The topological polar surface area (TPSA) is 38.3 Å². The van der Waals surface area contributed by atoms with E-state index in [1.54, 1.807) is 0 Å². The molecule has 0 amide bonds. The molecule has 0 saturated carbocycles. The van der Waals surface area contributed by atoms with Crippen molar-refractivity contribution in [2.75, 3.05) is 11.9 Å². The fourth-order valence-corrected chi connectivity index (χ4v) is 1.99. The molecular weight excluding hydrogens is 240 g/mol. The van der Waals surface area contributed by atoms with Gasteiger partial charge in [0, 0.05) is 5.69 Å². The van der Waals surface area contributed by atoms with Crippen LogP contribution >= 0.6 is 0 Å². The average Bonchev–Trinajstić information content (AvgIpc) is 2.61. The van der Waals surface area contributed by atoms with E-state index in [0.717, 1.165) is 17.7 Å². The van der Waals surface area contributed by atoms with Gasteiger partial charge < -0.3 is 10.1 Å². The second kappa shape index (κ2) is 4.92. The number of carbonyl (C=O) groups is 1. The van der Waals surface area contributed by atoms with Gasteiger partial charge in [-0.3, -0.25) is 0 Å². The van der Waals surface area contributed by atoms with Gasteiger partial charge in [-0.2, -0.15) is 8.78 Å². The summed E-state index contributed by atoms with van der Waals surface area (Å²) in [5, 5.41) is 3.05. The van der Waals surface area contributed by atoms with Crippen molar-refractivity contribution in [3.05, 3.63) is 29.8 Å². The number of aryl methyl sites for hydroxylation is 1. The van der Waals surface area contributed by atoms with E-state index in [9.17, 15) is 13.6 Å². The van der Waals surface area contributed by atoms with E-state index < -0.39 is 24.4 Å². The van der Waals surface area contributed by atoms with Crippen LogP contribution in [0.15, 0.2) is 24.3 Å². The third-order valence-corrected chi connectivity index (χ3v) is 2.97. The number of nitrogens with one attached hydrogen (secondary N) is 1. The molecule has 0 aromatic heterocycles. The Hall–Kier alpha value is -1.65. The highest BCUT2D eigenvalue weighted by molar-refractivity contribution is 5.79. The Morgan fingerprint density at radius 2 is 2.17 bits per heavy atom. The second-order valence-corrected chi connectivity index (χ2v) is 4.33. The molecule has 1 aliphatic heterocycles. The first-order valence-corrected chi connectivity index (χ1v) is 5.93. The molecule has 98 valence electrons. The van der Waals surface area contributed by atoms with Gasteiger partial charge in [0.25, 0.3) is 0 Å². The first kappa shape index (κ1) is 12.8. The Morgan fingerprint density at radius 1 is 1.44 bits per heavy atom. The van der Waals surface area contributed by atoms with Gasteiger partial charge in [0.1, 0.15) is 6.10 Å². The number of anilines is 1. The molecular formula is C13H15F2NO2. The Morgan fingerprint density at radius 3 is 2.78 bits per heavy atom. The van der Waals surface area contributed by atoms with Crippen LogP contribution in [0.1, 0.15) is 18.9 Å². The Balaban J connectivity index is 1.95. The maximum Gasteiger partial charge on any atom is 0.377 e. The highest BCUT2D eigenvalue weighted by Gasteiger charge is 2.50. The van der Waals surface area contributed by atoms with E-state index in [1.807, 2.05) is 31.2 Å². The molecule has 5 heteroatoms. The lowest BCUT2D eigenvalue weighted by Gasteiger charge is -2.13. The monoisotopic (exact) mass is 255 g/mol. The minimum atomic E-state index is -3.34. The predicted octanol–water partition coefficient (Wildman–Crippen LogP) is 2.61. The molecule has 1 fully saturated rings. The van der Waals surface area contributed by atoms with Crippen LogP contribution in [0.3, 0.4) is 0 Å². The van der Waals surface area contributed by atoms with Crippen molar-refractivity contribution < 1.29 is 18.3 Å². The zero-order valence-corrected chi connectivity index (χ0v) is 10.1. The summed E-state index contributed by atoms with van der Waals surface area (Å²) in [5.41, 5.74) is 2.00. The molecule has 1 atom stereocenters. The number of hydrogen-bond donors (Lipinski definition) is 1. The first-order chi connectivity index (χ1) is 8.53. The average molecular weight is 255 g/mol. The number of carbonyl (C=O) groups excluding carboxylic acids is 1. The van der Waals surface area contributed by atoms with Crippen LogP contribution < -0.4 is 5.32 Å². The van der Waals surface area contributed by atoms with Crippen molar-refractivity contribution in [1.29, 1.82) is 0 Å². The first-order valence-electron chi connectivity index (χ1n) is 5.93. The molecule has 18 heavy (non-hydrogen) atoms. The van der Waals surface area contributed by atoms with Crippen molar-refractivity contribution in [3.63, 3.8) is 0 Å². The van der Waals surface area contributed by atoms with Crippen molar-refractivity contribution in [1.82, 2.24) is 0 Å². The highest BCUT2D eigenvalue weighted by Crippen LogP contribution is 2.31. The maximum absolute atomic E-state index is 13.0. The van der Waals surface area contributed by atoms with E-state index in [2.05, 4.69) is 10.1 Å². The third kappa shape index (κ3) is 2.60. The lowest BCUT2D eigenvalue weighted by Crippen LogP contribution is -2.22. The normalized spacial score (nSPS) is 21.7. The number of halogens is 2. The quantitative estimate of drug-likeness (QED) is 0.840. The fraction of sp³-hybridized carbons (Fsp3) is 0.462. The SMILES string of the molecule is CCc1ccccc1NCC1CC(F)(F)C(=O)O1. The number of esters is 1. The fourth-order valence-electron chi connectivity index (χ4n) is 1.99. The standard InChI is InChI=1S/C13H15F2NO2/c1-2-9-5-3-4-6-11(9)16-8-10-7-13(14,15)12(17)18-10/h3-6,10,16H,2,7-8H2,1H3. The Kier molecular flexibility index (Phi) is 3.50. The summed E-state index contributed by atoms with van der Waals surface area (Å²) in [4.78, 5) is 10.8. The van der Waals surface area contributed by atoms with Crippen LogP contribution in [0.5, 0.6) is 0 Å². The number of para-hydroxylation sites is 1. The lowest BCUT2D eigenvalue weighted by molar-refractivity contribution is -0.158. The van der Waals surface area contributed by atoms with Crippen molar-refractivity contribution >= 4 is 11.7 Å². The highest BCUT2D eigenvalue weighted by atomic mass is 19.3. The molecule has 0 spiro atoms. The Labute approximate surface area is 104 Å². The van der Waals surface area contributed by atoms with Gasteiger partial charge in [0.05, 0.1) is 13.0 Å². The van der Waals surface area contributed by atoms with E-state index in [-0.39, 0.29) is 6.54 Å². The summed E-state index contributed by atoms with van der Waals surface area (Å²) in [5.74, 6) is -4.76. The van der Waals surface area contributed by atoms with Crippen LogP contribution in [0, 0.1) is 0 Å². The van der Waals surface area contributed by atoms with E-state index >= 15 is 0 Å². The number of benzene rings is 1. The molecule has 1 heterocycles. The summed E-state index contributed by atoms with van der Waals surface area (Å²) in [6.45, 7) is 2.22. The molecule has 1 aliphatic rings. The second-order valence-electron chi connectivity index (χ2n) is 4.33. The zero-order chi connectivity index (χ0) is 13.2. The van der Waals surface area contributed by atoms with Crippen molar-refractivity contribution in [2.24, 2.45) is 0 Å². The minimum Gasteiger partial charge on any atom is -0.456 e. The van der Waals surface area contributed by atoms with Gasteiger partial charge in [-0.05, 0) is 18.1 Å². The lowest BCUT2D eigenvalue weighted by atomic mass is 10.1. The molecule has 2 rings (SSSR count). The molecule has 1 aromatic rings. The minimum absolute atomic E-state index is 0.207. The van der Waals surface area contributed by atoms with Gasteiger partial charge in [-0.25, -0.2) is 4.79 Å². The number of hydrogen-bond acceptors (Lipinski definition) is 3. The van der Waals surface area contributed by atoms with Crippen LogP contribution in [0.25, 0.3) is 0 Å². The van der Waals surface area contributed by atoms with Crippen LogP contribution in [-0.4, -0.2) is 24.5 Å². The summed E-state index contributed by atoms with van der Waals surface area (Å²) in [7, 11) is 0. The number of alkyl halides is 2. The summed E-state index contributed by atoms with van der Waals surface area (Å²) in [6, 6.07) is 7.65. The molecule has 1 unspecified atom stereocenters. The van der Waals surface area contributed by atoms with Crippen molar-refractivity contribution in [3.8, 4) is 0 Å². The number of cyclic esters (lactones) is 1. The zero-order valence-electron chi connectivity index (χ0n) is 10.1. The van der Waals surface area contributed by atoms with Gasteiger partial charge in [0.15, 0.2) is 0 Å². The summed E-state index contributed by atoms with van der Waals surface area (Å²) >= 11 is 0. The van der Waals surface area contributed by atoms with Gasteiger partial charge >= 0.3 is 11.9 Å².